The van der Waals surface area contributed by atoms with Crippen LogP contribution in [0.3, 0.4) is 0 Å². The van der Waals surface area contributed by atoms with Crippen LogP contribution in [0.25, 0.3) is 21.3 Å². The lowest BCUT2D eigenvalue weighted by molar-refractivity contribution is 0.145. The molecule has 0 radical (unpaired) electrons. The van der Waals surface area contributed by atoms with Crippen molar-refractivity contribution in [3.63, 3.8) is 0 Å². The van der Waals surface area contributed by atoms with E-state index in [1.54, 1.807) is 12.5 Å². The van der Waals surface area contributed by atoms with E-state index < -0.39 is 6.17 Å². The number of fused-ring (bicyclic) bond motifs is 2. The topological polar surface area (TPSA) is 51.4 Å². The Balaban J connectivity index is 1.35. The normalized spacial score (nSPS) is 16.3. The van der Waals surface area contributed by atoms with Crippen molar-refractivity contribution in [3.8, 4) is 10.9 Å². The molecule has 1 fully saturated rings. The van der Waals surface area contributed by atoms with Crippen LogP contribution in [-0.4, -0.2) is 34.1 Å². The standard InChI is InChI=1S/C20H18FN3O2S/c21-14-5-8-24(9-6-14)11-13-12-25-17-10-15(3-4-16(13)17)26-20-23-19-18(27-20)2-1-7-22-19/h1-4,7,10,12,14H,5-6,8-9,11H2. The van der Waals surface area contributed by atoms with Crippen molar-refractivity contribution >= 4 is 32.7 Å². The summed E-state index contributed by atoms with van der Waals surface area (Å²) in [6.07, 6.45) is 4.09. The third-order valence-corrected chi connectivity index (χ3v) is 5.78. The SMILES string of the molecule is FC1CCN(Cc2coc3cc(Oc4nc5ncccc5s4)ccc23)CC1. The van der Waals surface area contributed by atoms with Gasteiger partial charge in [0.1, 0.15) is 17.5 Å². The Kier molecular flexibility index (Phi) is 4.26. The van der Waals surface area contributed by atoms with E-state index in [0.29, 0.717) is 29.4 Å². The van der Waals surface area contributed by atoms with Crippen LogP contribution in [0.2, 0.25) is 0 Å². The van der Waals surface area contributed by atoms with Gasteiger partial charge in [-0.3, -0.25) is 4.90 Å². The molecule has 0 amide bonds. The number of halogens is 1. The molecule has 7 heteroatoms. The molecule has 27 heavy (non-hydrogen) atoms. The highest BCUT2D eigenvalue weighted by molar-refractivity contribution is 7.20. The monoisotopic (exact) mass is 383 g/mol. The molecular weight excluding hydrogens is 365 g/mol. The number of rotatable bonds is 4. The van der Waals surface area contributed by atoms with Gasteiger partial charge in [0.15, 0.2) is 5.65 Å². The van der Waals surface area contributed by atoms with Crippen molar-refractivity contribution < 1.29 is 13.5 Å². The molecule has 1 aliphatic heterocycles. The predicted molar refractivity (Wildman–Crippen MR) is 103 cm³/mol. The number of hydrogen-bond acceptors (Lipinski definition) is 6. The van der Waals surface area contributed by atoms with Gasteiger partial charge in [0, 0.05) is 42.8 Å². The van der Waals surface area contributed by atoms with Crippen molar-refractivity contribution in [2.45, 2.75) is 25.6 Å². The molecule has 5 rings (SSSR count). The Morgan fingerprint density at radius 1 is 1.26 bits per heavy atom. The van der Waals surface area contributed by atoms with Crippen LogP contribution >= 0.6 is 11.3 Å². The van der Waals surface area contributed by atoms with Crippen LogP contribution in [0, 0.1) is 0 Å². The van der Waals surface area contributed by atoms with Gasteiger partial charge in [-0.25, -0.2) is 9.37 Å². The number of thiazole rings is 1. The molecule has 4 heterocycles. The van der Waals surface area contributed by atoms with Crippen LogP contribution < -0.4 is 4.74 Å². The van der Waals surface area contributed by atoms with Gasteiger partial charge in [0.05, 0.1) is 11.0 Å². The number of ether oxygens (including phenoxy) is 1. The summed E-state index contributed by atoms with van der Waals surface area (Å²) >= 11 is 1.46. The number of hydrogen-bond donors (Lipinski definition) is 0. The molecule has 0 unspecified atom stereocenters. The fraction of sp³-hybridized carbons (Fsp3) is 0.300. The number of pyridine rings is 1. The van der Waals surface area contributed by atoms with E-state index in [2.05, 4.69) is 14.9 Å². The minimum atomic E-state index is -0.653. The molecule has 0 N–H and O–H groups in total. The van der Waals surface area contributed by atoms with Crippen molar-refractivity contribution in [2.75, 3.05) is 13.1 Å². The summed E-state index contributed by atoms with van der Waals surface area (Å²) in [5.41, 5.74) is 2.59. The summed E-state index contributed by atoms with van der Waals surface area (Å²) in [6.45, 7) is 2.37. The number of likely N-dealkylation sites (tertiary alicyclic amines) is 1. The second-order valence-electron chi connectivity index (χ2n) is 6.78. The van der Waals surface area contributed by atoms with Gasteiger partial charge in [-0.1, -0.05) is 11.3 Å². The van der Waals surface area contributed by atoms with Gasteiger partial charge >= 0.3 is 0 Å². The van der Waals surface area contributed by atoms with E-state index in [1.165, 1.54) is 11.3 Å². The van der Waals surface area contributed by atoms with Gasteiger partial charge in [-0.2, -0.15) is 4.98 Å². The summed E-state index contributed by atoms with van der Waals surface area (Å²) in [7, 11) is 0. The third-order valence-electron chi connectivity index (χ3n) is 4.89. The maximum Gasteiger partial charge on any atom is 0.281 e. The lowest BCUT2D eigenvalue weighted by Gasteiger charge is -2.28. The van der Waals surface area contributed by atoms with E-state index in [-0.39, 0.29) is 0 Å². The molecule has 5 nitrogen and oxygen atoms in total. The van der Waals surface area contributed by atoms with E-state index in [9.17, 15) is 4.39 Å². The molecule has 1 aliphatic rings. The summed E-state index contributed by atoms with van der Waals surface area (Å²) in [5, 5.41) is 1.62. The van der Waals surface area contributed by atoms with E-state index in [0.717, 1.165) is 40.9 Å². The molecular formula is C20H18FN3O2S. The largest absolute Gasteiger partial charge is 0.464 e. The molecule has 1 saturated heterocycles. The first-order valence-corrected chi connectivity index (χ1v) is 9.82. The summed E-state index contributed by atoms with van der Waals surface area (Å²) in [6, 6.07) is 9.68. The molecule has 4 aromatic rings. The molecule has 0 saturated carbocycles. The smallest absolute Gasteiger partial charge is 0.281 e. The number of piperidine rings is 1. The van der Waals surface area contributed by atoms with Crippen LogP contribution in [-0.2, 0) is 6.54 Å². The zero-order valence-electron chi connectivity index (χ0n) is 14.6. The summed E-state index contributed by atoms with van der Waals surface area (Å²) < 4.78 is 25.9. The maximum absolute atomic E-state index is 13.3. The zero-order valence-corrected chi connectivity index (χ0v) is 15.4. The minimum absolute atomic E-state index is 0.559. The highest BCUT2D eigenvalue weighted by Gasteiger charge is 2.20. The first-order valence-electron chi connectivity index (χ1n) is 9.00. The van der Waals surface area contributed by atoms with Gasteiger partial charge in [0.2, 0.25) is 0 Å². The Labute approximate surface area is 159 Å². The molecule has 3 aromatic heterocycles. The highest BCUT2D eigenvalue weighted by atomic mass is 32.1. The number of benzene rings is 1. The van der Waals surface area contributed by atoms with Gasteiger partial charge in [0.25, 0.3) is 5.19 Å². The lowest BCUT2D eigenvalue weighted by Crippen LogP contribution is -2.33. The fourth-order valence-corrected chi connectivity index (χ4v) is 4.24. The summed E-state index contributed by atoms with van der Waals surface area (Å²) in [5.74, 6) is 0.681. The Hall–Kier alpha value is -2.51. The van der Waals surface area contributed by atoms with E-state index in [1.807, 2.05) is 30.3 Å². The van der Waals surface area contributed by atoms with Crippen molar-refractivity contribution in [2.24, 2.45) is 0 Å². The number of alkyl halides is 1. The highest BCUT2D eigenvalue weighted by Crippen LogP contribution is 2.33. The molecule has 0 aliphatic carbocycles. The quantitative estimate of drug-likeness (QED) is 0.487. The van der Waals surface area contributed by atoms with Gasteiger partial charge in [-0.15, -0.1) is 0 Å². The van der Waals surface area contributed by atoms with E-state index in [4.69, 9.17) is 9.15 Å². The first kappa shape index (κ1) is 16.6. The van der Waals surface area contributed by atoms with Crippen LogP contribution in [0.1, 0.15) is 18.4 Å². The van der Waals surface area contributed by atoms with Crippen molar-refractivity contribution in [3.05, 3.63) is 48.4 Å². The second-order valence-corrected chi connectivity index (χ2v) is 7.77. The van der Waals surface area contributed by atoms with E-state index >= 15 is 0 Å². The lowest BCUT2D eigenvalue weighted by atomic mass is 10.1. The second kappa shape index (κ2) is 6.90. The molecule has 1 aromatic carbocycles. The molecule has 138 valence electrons. The van der Waals surface area contributed by atoms with Crippen LogP contribution in [0.15, 0.2) is 47.2 Å². The predicted octanol–water partition coefficient (Wildman–Crippen LogP) is 5.16. The molecule has 0 spiro atoms. The Bertz CT molecular complexity index is 1050. The first-order chi connectivity index (χ1) is 13.2. The summed E-state index contributed by atoms with van der Waals surface area (Å²) in [4.78, 5) is 10.9. The average molecular weight is 383 g/mol. The third kappa shape index (κ3) is 3.40. The van der Waals surface area contributed by atoms with Crippen LogP contribution in [0.4, 0.5) is 4.39 Å². The zero-order chi connectivity index (χ0) is 18.2. The Morgan fingerprint density at radius 2 is 2.15 bits per heavy atom. The molecule has 0 bridgehead atoms. The van der Waals surface area contributed by atoms with Crippen molar-refractivity contribution in [1.29, 1.82) is 0 Å². The van der Waals surface area contributed by atoms with Gasteiger partial charge < -0.3 is 9.15 Å². The Morgan fingerprint density at radius 3 is 3.00 bits per heavy atom. The van der Waals surface area contributed by atoms with Gasteiger partial charge in [-0.05, 0) is 37.1 Å². The number of aromatic nitrogens is 2. The van der Waals surface area contributed by atoms with Crippen LogP contribution in [0.5, 0.6) is 10.9 Å². The fourth-order valence-electron chi connectivity index (χ4n) is 3.44. The maximum atomic E-state index is 13.3. The number of furan rings is 1. The number of nitrogens with zero attached hydrogens (tertiary/aromatic N) is 3. The molecule has 0 atom stereocenters. The average Bonchev–Trinajstić information content (AvgIpc) is 3.27. The van der Waals surface area contributed by atoms with Crippen molar-refractivity contribution in [1.82, 2.24) is 14.9 Å². The minimum Gasteiger partial charge on any atom is -0.464 e.